The molecule has 2 aliphatic rings. The standard InChI is InChI=1S/C29H34FN3O5/c1-17-7-12-22-24(32(17)29(36)38-3)13-14-25-27(22)31-26(33(25)20-8-10-21(37-2)11-9-20)16-23(28(34)35)18-5-4-6-19(30)15-18/h4-6,13-15,17,20-21,23H,7-12,16H2,1-3H3,(H,34,35)/t17-,20-,21-,23?/m0/s1. The van der Waals surface area contributed by atoms with Crippen molar-refractivity contribution in [1.82, 2.24) is 9.55 Å². The Hall–Kier alpha value is -3.46. The number of carbonyl (C=O) groups is 2. The van der Waals surface area contributed by atoms with E-state index in [1.165, 1.54) is 25.3 Å². The molecule has 0 saturated heterocycles. The first kappa shape index (κ1) is 26.2. The average molecular weight is 524 g/mol. The minimum Gasteiger partial charge on any atom is -0.481 e. The van der Waals surface area contributed by atoms with Crippen molar-refractivity contribution in [2.75, 3.05) is 19.1 Å². The van der Waals surface area contributed by atoms with E-state index in [1.54, 1.807) is 18.1 Å². The highest BCUT2D eigenvalue weighted by Crippen LogP contribution is 2.40. The summed E-state index contributed by atoms with van der Waals surface area (Å²) in [6.07, 6.45) is 5.04. The number of ether oxygens (including phenoxy) is 2. The summed E-state index contributed by atoms with van der Waals surface area (Å²) < 4.78 is 26.9. The normalized spacial score (nSPS) is 22.2. The quantitative estimate of drug-likeness (QED) is 0.451. The van der Waals surface area contributed by atoms with Gasteiger partial charge < -0.3 is 19.1 Å². The molecule has 1 N–H and O–H groups in total. The van der Waals surface area contributed by atoms with Crippen LogP contribution >= 0.6 is 0 Å². The number of methoxy groups -OCH3 is 2. The molecular formula is C29H34FN3O5. The minimum absolute atomic E-state index is 0.0114. The zero-order valence-corrected chi connectivity index (χ0v) is 22.0. The highest BCUT2D eigenvalue weighted by atomic mass is 19.1. The molecule has 0 spiro atoms. The maximum atomic E-state index is 14.0. The number of imidazole rings is 1. The lowest BCUT2D eigenvalue weighted by atomic mass is 9.91. The van der Waals surface area contributed by atoms with Gasteiger partial charge in [0, 0.05) is 31.2 Å². The molecular weight excluding hydrogens is 489 g/mol. The predicted molar refractivity (Wildman–Crippen MR) is 141 cm³/mol. The Morgan fingerprint density at radius 3 is 2.55 bits per heavy atom. The molecule has 1 unspecified atom stereocenters. The molecule has 38 heavy (non-hydrogen) atoms. The third-order valence-corrected chi connectivity index (χ3v) is 8.18. The lowest BCUT2D eigenvalue weighted by Gasteiger charge is -2.34. The summed E-state index contributed by atoms with van der Waals surface area (Å²) in [5.41, 5.74) is 3.88. The van der Waals surface area contributed by atoms with Crippen molar-refractivity contribution in [3.63, 3.8) is 0 Å². The second-order valence-electron chi connectivity index (χ2n) is 10.4. The van der Waals surface area contributed by atoms with Gasteiger partial charge in [-0.05, 0) is 75.3 Å². The molecule has 1 aliphatic carbocycles. The number of carbonyl (C=O) groups excluding carboxylic acids is 1. The van der Waals surface area contributed by atoms with Crippen LogP contribution in [0.3, 0.4) is 0 Å². The lowest BCUT2D eigenvalue weighted by Crippen LogP contribution is -2.42. The van der Waals surface area contributed by atoms with Crippen molar-refractivity contribution in [1.29, 1.82) is 0 Å². The van der Waals surface area contributed by atoms with E-state index in [9.17, 15) is 19.1 Å². The van der Waals surface area contributed by atoms with E-state index in [-0.39, 0.29) is 24.6 Å². The van der Waals surface area contributed by atoms with E-state index in [1.807, 2.05) is 19.1 Å². The molecule has 2 heterocycles. The largest absolute Gasteiger partial charge is 0.481 e. The van der Waals surface area contributed by atoms with Gasteiger partial charge in [-0.15, -0.1) is 0 Å². The highest BCUT2D eigenvalue weighted by molar-refractivity contribution is 5.95. The Labute approximate surface area is 221 Å². The molecule has 2 atom stereocenters. The molecule has 1 amide bonds. The van der Waals surface area contributed by atoms with Crippen LogP contribution < -0.4 is 4.90 Å². The smallest absolute Gasteiger partial charge is 0.414 e. The Bertz CT molecular complexity index is 1350. The number of hydrogen-bond acceptors (Lipinski definition) is 5. The maximum Gasteiger partial charge on any atom is 0.414 e. The maximum absolute atomic E-state index is 14.0. The van der Waals surface area contributed by atoms with Crippen LogP contribution in [0, 0.1) is 5.82 Å². The number of fused-ring (bicyclic) bond motifs is 3. The second-order valence-corrected chi connectivity index (χ2v) is 10.4. The molecule has 1 saturated carbocycles. The van der Waals surface area contributed by atoms with Gasteiger partial charge in [-0.1, -0.05) is 12.1 Å². The molecule has 1 fully saturated rings. The summed E-state index contributed by atoms with van der Waals surface area (Å²) in [6.45, 7) is 2.00. The summed E-state index contributed by atoms with van der Waals surface area (Å²) in [7, 11) is 3.11. The summed E-state index contributed by atoms with van der Waals surface area (Å²) in [4.78, 5) is 31.7. The molecule has 2 aromatic carbocycles. The number of rotatable bonds is 6. The average Bonchev–Trinajstić information content (AvgIpc) is 3.29. The van der Waals surface area contributed by atoms with E-state index in [4.69, 9.17) is 14.5 Å². The van der Waals surface area contributed by atoms with Gasteiger partial charge in [0.05, 0.1) is 35.9 Å². The van der Waals surface area contributed by atoms with Crippen LogP contribution in [0.1, 0.15) is 67.9 Å². The molecule has 1 aromatic heterocycles. The number of aliphatic carboxylic acids is 1. The summed E-state index contributed by atoms with van der Waals surface area (Å²) in [5, 5.41) is 10.1. The zero-order valence-electron chi connectivity index (χ0n) is 22.0. The van der Waals surface area contributed by atoms with Crippen molar-refractivity contribution in [3.8, 4) is 0 Å². The Morgan fingerprint density at radius 2 is 1.89 bits per heavy atom. The first-order valence-electron chi connectivity index (χ1n) is 13.2. The van der Waals surface area contributed by atoms with Gasteiger partial charge in [0.25, 0.3) is 0 Å². The molecule has 0 radical (unpaired) electrons. The van der Waals surface area contributed by atoms with Crippen LogP contribution in [0.15, 0.2) is 36.4 Å². The number of aryl methyl sites for hydroxylation is 1. The van der Waals surface area contributed by atoms with E-state index in [2.05, 4.69) is 4.57 Å². The van der Waals surface area contributed by atoms with Crippen LogP contribution in [0.2, 0.25) is 0 Å². The van der Waals surface area contributed by atoms with Crippen molar-refractivity contribution < 1.29 is 28.6 Å². The van der Waals surface area contributed by atoms with Crippen LogP contribution in [0.4, 0.5) is 14.9 Å². The van der Waals surface area contributed by atoms with Crippen LogP contribution in [0.25, 0.3) is 11.0 Å². The van der Waals surface area contributed by atoms with E-state index < -0.39 is 23.8 Å². The van der Waals surface area contributed by atoms with Crippen LogP contribution in [-0.2, 0) is 27.1 Å². The number of benzene rings is 2. The summed E-state index contributed by atoms with van der Waals surface area (Å²) >= 11 is 0. The van der Waals surface area contributed by atoms with E-state index in [0.717, 1.165) is 60.8 Å². The third kappa shape index (κ3) is 4.75. The van der Waals surface area contributed by atoms with Gasteiger partial charge in [0.1, 0.15) is 11.6 Å². The minimum atomic E-state index is -1.02. The number of amides is 1. The van der Waals surface area contributed by atoms with E-state index in [0.29, 0.717) is 11.4 Å². The predicted octanol–water partition coefficient (Wildman–Crippen LogP) is 5.62. The Balaban J connectivity index is 1.63. The molecule has 3 aromatic rings. The lowest BCUT2D eigenvalue weighted by molar-refractivity contribution is -0.138. The first-order valence-corrected chi connectivity index (χ1v) is 13.2. The summed E-state index contributed by atoms with van der Waals surface area (Å²) in [5.74, 6) is -1.77. The Morgan fingerprint density at radius 1 is 1.13 bits per heavy atom. The van der Waals surface area contributed by atoms with Crippen molar-refractivity contribution in [3.05, 3.63) is 59.2 Å². The second kappa shape index (κ2) is 10.7. The number of hydrogen-bond donors (Lipinski definition) is 1. The number of halogens is 1. The zero-order chi connectivity index (χ0) is 27.0. The summed E-state index contributed by atoms with van der Waals surface area (Å²) in [6, 6.07) is 9.85. The number of carboxylic acids is 1. The number of aromatic nitrogens is 2. The molecule has 5 rings (SSSR count). The van der Waals surface area contributed by atoms with Gasteiger partial charge in [-0.3, -0.25) is 9.69 Å². The fourth-order valence-corrected chi connectivity index (χ4v) is 6.17. The third-order valence-electron chi connectivity index (χ3n) is 8.18. The van der Waals surface area contributed by atoms with Crippen molar-refractivity contribution in [2.45, 2.75) is 76.0 Å². The van der Waals surface area contributed by atoms with Gasteiger partial charge >= 0.3 is 12.1 Å². The fourth-order valence-electron chi connectivity index (χ4n) is 6.17. The number of carboxylic acid groups (broad SMARTS) is 1. The fraction of sp³-hybridized carbons (Fsp3) is 0.483. The molecule has 202 valence electrons. The van der Waals surface area contributed by atoms with E-state index >= 15 is 0 Å². The topological polar surface area (TPSA) is 93.9 Å². The number of nitrogens with zero attached hydrogens (tertiary/aromatic N) is 3. The van der Waals surface area contributed by atoms with Gasteiger partial charge in [0.15, 0.2) is 0 Å². The first-order chi connectivity index (χ1) is 18.3. The molecule has 8 nitrogen and oxygen atoms in total. The van der Waals surface area contributed by atoms with Gasteiger partial charge in [0.2, 0.25) is 0 Å². The SMILES string of the molecule is COC(=O)N1c2ccc3c(nc(CC(C(=O)O)c4cccc(F)c4)n3[C@H]3CC[C@H](OC)CC3)c2CC[C@@H]1C. The van der Waals surface area contributed by atoms with Gasteiger partial charge in [-0.2, -0.15) is 0 Å². The Kier molecular flexibility index (Phi) is 7.38. The molecule has 1 aliphatic heterocycles. The van der Waals surface area contributed by atoms with Gasteiger partial charge in [-0.25, -0.2) is 14.2 Å². The number of anilines is 1. The molecule has 0 bridgehead atoms. The monoisotopic (exact) mass is 523 g/mol. The van der Waals surface area contributed by atoms with Crippen molar-refractivity contribution in [2.24, 2.45) is 0 Å². The van der Waals surface area contributed by atoms with Crippen LogP contribution in [-0.4, -0.2) is 53.1 Å². The van der Waals surface area contributed by atoms with Crippen molar-refractivity contribution >= 4 is 28.8 Å². The van der Waals surface area contributed by atoms with Crippen LogP contribution in [0.5, 0.6) is 0 Å². The highest BCUT2D eigenvalue weighted by Gasteiger charge is 2.34. The molecule has 9 heteroatoms.